The van der Waals surface area contributed by atoms with Gasteiger partial charge in [0.25, 0.3) is 5.56 Å². The molecule has 0 aliphatic carbocycles. The smallest absolute Gasteiger partial charge is 0.336 e. The van der Waals surface area contributed by atoms with Crippen LogP contribution in [-0.4, -0.2) is 9.13 Å². The molecule has 0 saturated heterocycles. The summed E-state index contributed by atoms with van der Waals surface area (Å²) in [5.41, 5.74) is 1.98. The predicted molar refractivity (Wildman–Crippen MR) is 108 cm³/mol. The first kappa shape index (κ1) is 18.9. The third-order valence-electron chi connectivity index (χ3n) is 5.61. The molecule has 148 valence electrons. The van der Waals surface area contributed by atoms with Crippen LogP contribution in [0.3, 0.4) is 0 Å². The number of benzene rings is 1. The van der Waals surface area contributed by atoms with Gasteiger partial charge >= 0.3 is 11.3 Å². The standard InChI is InChI=1S/C22H21N3O4/c1-12(2)15-9-16-14(8-20(26)29-19(16)7-13(15)3)11-25-21(27)17(10-23)18-5-4-6-24(18)22(25)28/h7-9,12H,4-6,11H2,1-3H3. The van der Waals surface area contributed by atoms with E-state index in [1.165, 1.54) is 10.6 Å². The molecule has 1 aliphatic heterocycles. The molecule has 0 amide bonds. The second-order valence-electron chi connectivity index (χ2n) is 7.81. The van der Waals surface area contributed by atoms with Crippen molar-refractivity contribution < 1.29 is 4.42 Å². The number of nitriles is 1. The quantitative estimate of drug-likeness (QED) is 0.639. The molecule has 0 spiro atoms. The summed E-state index contributed by atoms with van der Waals surface area (Å²) in [5.74, 6) is 0.262. The fourth-order valence-corrected chi connectivity index (χ4v) is 4.20. The van der Waals surface area contributed by atoms with Crippen LogP contribution in [-0.2, 0) is 19.5 Å². The molecule has 29 heavy (non-hydrogen) atoms. The minimum Gasteiger partial charge on any atom is -0.423 e. The van der Waals surface area contributed by atoms with E-state index in [4.69, 9.17) is 4.42 Å². The van der Waals surface area contributed by atoms with E-state index >= 15 is 0 Å². The SMILES string of the molecule is Cc1cc2oc(=O)cc(Cn3c(=O)c(C#N)c4n(c3=O)CCC4)c2cc1C(C)C. The minimum atomic E-state index is -0.608. The van der Waals surface area contributed by atoms with E-state index in [9.17, 15) is 19.6 Å². The highest BCUT2D eigenvalue weighted by molar-refractivity contribution is 5.82. The van der Waals surface area contributed by atoms with Crippen LogP contribution in [0.25, 0.3) is 11.0 Å². The summed E-state index contributed by atoms with van der Waals surface area (Å²) in [4.78, 5) is 37.9. The lowest BCUT2D eigenvalue weighted by Crippen LogP contribution is -2.42. The van der Waals surface area contributed by atoms with Crippen molar-refractivity contribution in [2.75, 3.05) is 0 Å². The molecule has 3 heterocycles. The predicted octanol–water partition coefficient (Wildman–Crippen LogP) is 2.41. The Balaban J connectivity index is 1.98. The molecule has 0 saturated carbocycles. The third kappa shape index (κ3) is 3.01. The molecule has 0 atom stereocenters. The summed E-state index contributed by atoms with van der Waals surface area (Å²) in [5, 5.41) is 10.2. The molecule has 3 aromatic rings. The molecule has 0 N–H and O–H groups in total. The largest absolute Gasteiger partial charge is 0.423 e. The highest BCUT2D eigenvalue weighted by Crippen LogP contribution is 2.27. The van der Waals surface area contributed by atoms with E-state index in [0.717, 1.165) is 22.1 Å². The van der Waals surface area contributed by atoms with Gasteiger partial charge in [-0.15, -0.1) is 0 Å². The van der Waals surface area contributed by atoms with Crippen LogP contribution in [0.1, 0.15) is 54.1 Å². The number of aryl methyl sites for hydroxylation is 1. The summed E-state index contributed by atoms with van der Waals surface area (Å²) in [6.07, 6.45) is 1.27. The van der Waals surface area contributed by atoms with Crippen LogP contribution >= 0.6 is 0 Å². The zero-order valence-corrected chi connectivity index (χ0v) is 16.6. The Morgan fingerprint density at radius 2 is 1.97 bits per heavy atom. The van der Waals surface area contributed by atoms with E-state index < -0.39 is 16.9 Å². The van der Waals surface area contributed by atoms with Crippen molar-refractivity contribution in [3.8, 4) is 6.07 Å². The maximum atomic E-state index is 12.9. The third-order valence-corrected chi connectivity index (χ3v) is 5.61. The molecular weight excluding hydrogens is 370 g/mol. The normalized spacial score (nSPS) is 13.1. The molecule has 4 rings (SSSR count). The molecule has 7 heteroatoms. The topological polar surface area (TPSA) is 98.0 Å². The van der Waals surface area contributed by atoms with Gasteiger partial charge < -0.3 is 4.42 Å². The maximum Gasteiger partial charge on any atom is 0.336 e. The van der Waals surface area contributed by atoms with Crippen molar-refractivity contribution >= 4 is 11.0 Å². The van der Waals surface area contributed by atoms with Crippen molar-refractivity contribution in [3.05, 3.63) is 77.4 Å². The van der Waals surface area contributed by atoms with Gasteiger partial charge in [-0.2, -0.15) is 5.26 Å². The van der Waals surface area contributed by atoms with Crippen molar-refractivity contribution in [2.24, 2.45) is 0 Å². The minimum absolute atomic E-state index is 0.00749. The Labute approximate surface area is 166 Å². The van der Waals surface area contributed by atoms with Gasteiger partial charge in [-0.05, 0) is 54.5 Å². The van der Waals surface area contributed by atoms with E-state index in [1.807, 2.05) is 25.1 Å². The highest BCUT2D eigenvalue weighted by Gasteiger charge is 2.23. The Kier molecular flexibility index (Phi) is 4.50. The summed E-state index contributed by atoms with van der Waals surface area (Å²) in [6, 6.07) is 7.04. The second kappa shape index (κ2) is 6.89. The van der Waals surface area contributed by atoms with Crippen LogP contribution in [0.4, 0.5) is 0 Å². The fourth-order valence-electron chi connectivity index (χ4n) is 4.20. The average molecular weight is 391 g/mol. The summed E-state index contributed by atoms with van der Waals surface area (Å²) < 4.78 is 7.91. The van der Waals surface area contributed by atoms with Crippen LogP contribution in [0, 0.1) is 18.3 Å². The van der Waals surface area contributed by atoms with Gasteiger partial charge in [0.05, 0.1) is 6.54 Å². The van der Waals surface area contributed by atoms with Gasteiger partial charge in [-0.25, -0.2) is 9.59 Å². The van der Waals surface area contributed by atoms with Gasteiger partial charge in [0.2, 0.25) is 0 Å². The zero-order valence-electron chi connectivity index (χ0n) is 16.6. The van der Waals surface area contributed by atoms with E-state index in [-0.39, 0.29) is 18.0 Å². The average Bonchev–Trinajstić information content (AvgIpc) is 3.14. The van der Waals surface area contributed by atoms with Crippen LogP contribution in [0.2, 0.25) is 0 Å². The molecular formula is C22H21N3O4. The van der Waals surface area contributed by atoms with Crippen LogP contribution < -0.4 is 16.9 Å². The van der Waals surface area contributed by atoms with Crippen LogP contribution in [0.15, 0.2) is 37.0 Å². The zero-order chi connectivity index (χ0) is 20.9. The van der Waals surface area contributed by atoms with Gasteiger partial charge in [0.15, 0.2) is 0 Å². The Morgan fingerprint density at radius 1 is 1.21 bits per heavy atom. The Hall–Kier alpha value is -3.40. The second-order valence-corrected chi connectivity index (χ2v) is 7.81. The lowest BCUT2D eigenvalue weighted by Gasteiger charge is -2.14. The van der Waals surface area contributed by atoms with Crippen molar-refractivity contribution in [2.45, 2.75) is 52.6 Å². The molecule has 0 radical (unpaired) electrons. The number of hydrogen-bond donors (Lipinski definition) is 0. The van der Waals surface area contributed by atoms with Gasteiger partial charge in [0, 0.05) is 23.7 Å². The number of hydrogen-bond acceptors (Lipinski definition) is 5. The van der Waals surface area contributed by atoms with Crippen LogP contribution in [0.5, 0.6) is 0 Å². The maximum absolute atomic E-state index is 12.9. The first-order chi connectivity index (χ1) is 13.8. The van der Waals surface area contributed by atoms with E-state index in [1.54, 1.807) is 0 Å². The van der Waals surface area contributed by atoms with Gasteiger partial charge in [-0.1, -0.05) is 13.8 Å². The molecule has 2 aromatic heterocycles. The Bertz CT molecular complexity index is 1370. The summed E-state index contributed by atoms with van der Waals surface area (Å²) in [6.45, 7) is 6.50. The van der Waals surface area contributed by atoms with E-state index in [2.05, 4.69) is 13.8 Å². The molecule has 0 fully saturated rings. The van der Waals surface area contributed by atoms with E-state index in [0.29, 0.717) is 35.2 Å². The molecule has 1 aromatic carbocycles. The van der Waals surface area contributed by atoms with Gasteiger partial charge in [0.1, 0.15) is 17.2 Å². The number of nitrogens with zero attached hydrogens (tertiary/aromatic N) is 3. The summed E-state index contributed by atoms with van der Waals surface area (Å²) in [7, 11) is 0. The molecule has 0 unspecified atom stereocenters. The Morgan fingerprint density at radius 3 is 2.66 bits per heavy atom. The number of fused-ring (bicyclic) bond motifs is 2. The monoisotopic (exact) mass is 391 g/mol. The molecule has 0 bridgehead atoms. The van der Waals surface area contributed by atoms with Crippen molar-refractivity contribution in [1.29, 1.82) is 5.26 Å². The molecule has 1 aliphatic rings. The van der Waals surface area contributed by atoms with Gasteiger partial charge in [-0.3, -0.25) is 13.9 Å². The molecule has 7 nitrogen and oxygen atoms in total. The van der Waals surface area contributed by atoms with Crippen molar-refractivity contribution in [3.63, 3.8) is 0 Å². The first-order valence-electron chi connectivity index (χ1n) is 9.65. The first-order valence-corrected chi connectivity index (χ1v) is 9.65. The van der Waals surface area contributed by atoms with Crippen molar-refractivity contribution in [1.82, 2.24) is 9.13 Å². The highest BCUT2D eigenvalue weighted by atomic mass is 16.4. The number of aromatic nitrogens is 2. The summed E-state index contributed by atoms with van der Waals surface area (Å²) >= 11 is 0. The number of rotatable bonds is 3. The fraction of sp³-hybridized carbons (Fsp3) is 0.364. The lowest BCUT2D eigenvalue weighted by atomic mass is 9.95. The lowest BCUT2D eigenvalue weighted by molar-refractivity contribution is 0.553.